The molecule has 11 heteroatoms. The highest BCUT2D eigenvalue weighted by Gasteiger charge is 2.31. The third-order valence-corrected chi connectivity index (χ3v) is 4.50. The van der Waals surface area contributed by atoms with Gasteiger partial charge < -0.3 is 0 Å². The first-order valence-corrected chi connectivity index (χ1v) is 8.35. The second kappa shape index (κ2) is 6.83. The SMILES string of the molecule is CCc1nnc(NC(=O)c2nnn(-c3cccc(C(F)(F)F)c3)c2C)s1. The molecule has 0 saturated heterocycles. The summed E-state index contributed by atoms with van der Waals surface area (Å²) in [6.45, 7) is 3.46. The Bertz CT molecular complexity index is 949. The number of anilines is 1. The molecule has 0 saturated carbocycles. The third kappa shape index (κ3) is 3.57. The van der Waals surface area contributed by atoms with Gasteiger partial charge in [0.1, 0.15) is 5.01 Å². The topological polar surface area (TPSA) is 85.6 Å². The van der Waals surface area contributed by atoms with Crippen molar-refractivity contribution in [2.75, 3.05) is 5.32 Å². The lowest BCUT2D eigenvalue weighted by Gasteiger charge is -2.09. The zero-order valence-electron chi connectivity index (χ0n) is 13.7. The Hall–Kier alpha value is -2.82. The third-order valence-electron chi connectivity index (χ3n) is 3.52. The van der Waals surface area contributed by atoms with Crippen molar-refractivity contribution in [2.24, 2.45) is 0 Å². The average Bonchev–Trinajstić information content (AvgIpc) is 3.20. The lowest BCUT2D eigenvalue weighted by molar-refractivity contribution is -0.137. The number of rotatable bonds is 4. The van der Waals surface area contributed by atoms with E-state index in [1.165, 1.54) is 28.2 Å². The number of carbonyl (C=O) groups is 1. The van der Waals surface area contributed by atoms with E-state index in [0.717, 1.165) is 17.1 Å². The molecule has 0 aliphatic carbocycles. The molecule has 26 heavy (non-hydrogen) atoms. The molecule has 0 aliphatic rings. The van der Waals surface area contributed by atoms with Gasteiger partial charge in [-0.3, -0.25) is 10.1 Å². The number of alkyl halides is 3. The number of halogens is 3. The first-order valence-electron chi connectivity index (χ1n) is 7.53. The van der Waals surface area contributed by atoms with E-state index in [1.54, 1.807) is 6.92 Å². The van der Waals surface area contributed by atoms with Gasteiger partial charge in [0.15, 0.2) is 5.69 Å². The van der Waals surface area contributed by atoms with Crippen LogP contribution in [0.1, 0.15) is 33.7 Å². The minimum absolute atomic E-state index is 0.00402. The van der Waals surface area contributed by atoms with Crippen LogP contribution in [0.5, 0.6) is 0 Å². The molecular weight excluding hydrogens is 369 g/mol. The second-order valence-corrected chi connectivity index (χ2v) is 6.35. The first-order chi connectivity index (χ1) is 12.3. The highest BCUT2D eigenvalue weighted by molar-refractivity contribution is 7.15. The molecule has 2 heterocycles. The van der Waals surface area contributed by atoms with Crippen LogP contribution >= 0.6 is 11.3 Å². The zero-order chi connectivity index (χ0) is 18.9. The number of amides is 1. The zero-order valence-corrected chi connectivity index (χ0v) is 14.5. The van der Waals surface area contributed by atoms with Crippen LogP contribution in [0.15, 0.2) is 24.3 Å². The van der Waals surface area contributed by atoms with E-state index >= 15 is 0 Å². The molecule has 0 bridgehead atoms. The van der Waals surface area contributed by atoms with Gasteiger partial charge in [0.05, 0.1) is 16.9 Å². The number of hydrogen-bond acceptors (Lipinski definition) is 6. The van der Waals surface area contributed by atoms with Crippen LogP contribution in [0.4, 0.5) is 18.3 Å². The van der Waals surface area contributed by atoms with Crippen molar-refractivity contribution in [3.8, 4) is 5.69 Å². The number of nitrogens with one attached hydrogen (secondary N) is 1. The highest BCUT2D eigenvalue weighted by Crippen LogP contribution is 2.30. The number of nitrogens with zero attached hydrogens (tertiary/aromatic N) is 5. The monoisotopic (exact) mass is 382 g/mol. The van der Waals surface area contributed by atoms with Crippen LogP contribution in [0, 0.1) is 6.92 Å². The van der Waals surface area contributed by atoms with Crippen LogP contribution in [-0.4, -0.2) is 31.1 Å². The van der Waals surface area contributed by atoms with Gasteiger partial charge in [0.2, 0.25) is 5.13 Å². The fourth-order valence-corrected chi connectivity index (χ4v) is 2.88. The molecule has 0 atom stereocenters. The van der Waals surface area contributed by atoms with Gasteiger partial charge in [0.25, 0.3) is 5.91 Å². The Morgan fingerprint density at radius 3 is 2.69 bits per heavy atom. The molecule has 7 nitrogen and oxygen atoms in total. The van der Waals surface area contributed by atoms with Crippen LogP contribution in [0.25, 0.3) is 5.69 Å². The average molecular weight is 382 g/mol. The molecule has 0 unspecified atom stereocenters. The van der Waals surface area contributed by atoms with Gasteiger partial charge in [0, 0.05) is 0 Å². The van der Waals surface area contributed by atoms with Crippen LogP contribution in [0.3, 0.4) is 0 Å². The van der Waals surface area contributed by atoms with E-state index in [0.29, 0.717) is 17.2 Å². The Morgan fingerprint density at radius 1 is 1.27 bits per heavy atom. The maximum absolute atomic E-state index is 12.9. The van der Waals surface area contributed by atoms with Crippen molar-refractivity contribution in [1.82, 2.24) is 25.2 Å². The number of benzene rings is 1. The van der Waals surface area contributed by atoms with E-state index in [4.69, 9.17) is 0 Å². The van der Waals surface area contributed by atoms with Gasteiger partial charge in [-0.25, -0.2) is 4.68 Å². The maximum Gasteiger partial charge on any atom is 0.416 e. The Balaban J connectivity index is 1.87. The molecule has 1 aromatic carbocycles. The summed E-state index contributed by atoms with van der Waals surface area (Å²) >= 11 is 1.24. The van der Waals surface area contributed by atoms with Crippen LogP contribution in [0.2, 0.25) is 0 Å². The molecule has 0 fully saturated rings. The fraction of sp³-hybridized carbons (Fsp3) is 0.267. The predicted molar refractivity (Wildman–Crippen MR) is 88.3 cm³/mol. The summed E-state index contributed by atoms with van der Waals surface area (Å²) in [5.41, 5.74) is -0.345. The Kier molecular flexibility index (Phi) is 4.72. The molecule has 3 rings (SSSR count). The minimum Gasteiger partial charge on any atom is -0.295 e. The van der Waals surface area contributed by atoms with Crippen molar-refractivity contribution < 1.29 is 18.0 Å². The van der Waals surface area contributed by atoms with Gasteiger partial charge in [-0.15, -0.1) is 15.3 Å². The summed E-state index contributed by atoms with van der Waals surface area (Å²) in [6, 6.07) is 4.63. The minimum atomic E-state index is -4.47. The number of aromatic nitrogens is 5. The largest absolute Gasteiger partial charge is 0.416 e. The maximum atomic E-state index is 12.9. The molecule has 1 amide bonds. The van der Waals surface area contributed by atoms with Crippen LogP contribution in [-0.2, 0) is 12.6 Å². The summed E-state index contributed by atoms with van der Waals surface area (Å²) in [4.78, 5) is 12.3. The van der Waals surface area contributed by atoms with Crippen molar-refractivity contribution in [3.63, 3.8) is 0 Å². The van der Waals surface area contributed by atoms with Crippen molar-refractivity contribution in [1.29, 1.82) is 0 Å². The van der Waals surface area contributed by atoms with Crippen LogP contribution < -0.4 is 5.32 Å². The highest BCUT2D eigenvalue weighted by atomic mass is 32.1. The molecule has 1 N–H and O–H groups in total. The summed E-state index contributed by atoms with van der Waals surface area (Å²) in [7, 11) is 0. The van der Waals surface area contributed by atoms with Crippen molar-refractivity contribution >= 4 is 22.4 Å². The summed E-state index contributed by atoms with van der Waals surface area (Å²) in [6.07, 6.45) is -3.78. The molecule has 136 valence electrons. The van der Waals surface area contributed by atoms with E-state index in [9.17, 15) is 18.0 Å². The molecule has 0 radical (unpaired) electrons. The number of hydrogen-bond donors (Lipinski definition) is 1. The standard InChI is InChI=1S/C15H13F3N6OS/c1-3-11-20-22-14(26-11)19-13(25)12-8(2)24(23-21-12)10-6-4-5-9(7-10)15(16,17)18/h4-7H,3H2,1-2H3,(H,19,22,25). The summed E-state index contributed by atoms with van der Waals surface area (Å²) < 4.78 is 39.8. The molecule has 2 aromatic heterocycles. The normalized spacial score (nSPS) is 11.6. The van der Waals surface area contributed by atoms with Gasteiger partial charge in [-0.2, -0.15) is 13.2 Å². The second-order valence-electron chi connectivity index (χ2n) is 5.29. The summed E-state index contributed by atoms with van der Waals surface area (Å²) in [5, 5.41) is 19.0. The van der Waals surface area contributed by atoms with E-state index in [-0.39, 0.29) is 11.4 Å². The fourth-order valence-electron chi connectivity index (χ4n) is 2.20. The lowest BCUT2D eigenvalue weighted by Crippen LogP contribution is -2.14. The Labute approximate surface area is 149 Å². The van der Waals surface area contributed by atoms with Gasteiger partial charge >= 0.3 is 6.18 Å². The number of aryl methyl sites for hydroxylation is 1. The van der Waals surface area contributed by atoms with E-state index in [2.05, 4.69) is 25.8 Å². The lowest BCUT2D eigenvalue weighted by atomic mass is 10.2. The predicted octanol–water partition coefficient (Wildman–Crippen LogP) is 3.26. The van der Waals surface area contributed by atoms with E-state index < -0.39 is 17.6 Å². The summed E-state index contributed by atoms with van der Waals surface area (Å²) in [5.74, 6) is -0.556. The molecule has 0 aliphatic heterocycles. The molecular formula is C15H13F3N6OS. The Morgan fingerprint density at radius 2 is 2.04 bits per heavy atom. The first kappa shape index (κ1) is 18.0. The van der Waals surface area contributed by atoms with Gasteiger partial charge in [-0.1, -0.05) is 29.5 Å². The molecule has 0 spiro atoms. The quantitative estimate of drug-likeness (QED) is 0.749. The smallest absolute Gasteiger partial charge is 0.295 e. The van der Waals surface area contributed by atoms with Gasteiger partial charge in [-0.05, 0) is 31.5 Å². The van der Waals surface area contributed by atoms with E-state index in [1.807, 2.05) is 6.92 Å². The number of carbonyl (C=O) groups excluding carboxylic acids is 1. The van der Waals surface area contributed by atoms with Crippen molar-refractivity contribution in [3.05, 3.63) is 46.2 Å². The van der Waals surface area contributed by atoms with Crippen molar-refractivity contribution in [2.45, 2.75) is 26.4 Å². The molecule has 3 aromatic rings.